The third kappa shape index (κ3) is 6.17. The van der Waals surface area contributed by atoms with E-state index in [1.807, 2.05) is 6.92 Å². The van der Waals surface area contributed by atoms with Crippen molar-refractivity contribution in [3.63, 3.8) is 0 Å². The van der Waals surface area contributed by atoms with Crippen LogP contribution in [0.25, 0.3) is 0 Å². The molecule has 2 heterocycles. The van der Waals surface area contributed by atoms with Crippen molar-refractivity contribution in [3.8, 4) is 0 Å². The molecule has 0 aliphatic carbocycles. The van der Waals surface area contributed by atoms with Crippen LogP contribution in [0.3, 0.4) is 0 Å². The molecule has 13 heteroatoms. The summed E-state index contributed by atoms with van der Waals surface area (Å²) in [5, 5.41) is 10.6. The van der Waals surface area contributed by atoms with Crippen molar-refractivity contribution in [2.75, 3.05) is 12.3 Å². The number of carbonyl (C=O) groups excluding carboxylic acids is 2. The van der Waals surface area contributed by atoms with Crippen molar-refractivity contribution in [1.82, 2.24) is 4.90 Å². The van der Waals surface area contributed by atoms with Gasteiger partial charge in [-0.05, 0) is 43.7 Å². The van der Waals surface area contributed by atoms with Gasteiger partial charge in [-0.3, -0.25) is 24.3 Å². The van der Waals surface area contributed by atoms with Gasteiger partial charge in [0.25, 0.3) is 15.8 Å². The molecular weight excluding hydrogens is 498 g/mol. The van der Waals surface area contributed by atoms with Gasteiger partial charge in [0.15, 0.2) is 0 Å². The molecule has 2 saturated heterocycles. The number of hydrogen-bond donors (Lipinski definition) is 2. The minimum absolute atomic E-state index is 0.0144. The number of nitrogens with zero attached hydrogens (tertiary/aromatic N) is 2. The highest BCUT2D eigenvalue weighted by Crippen LogP contribution is 2.41. The molecule has 2 fully saturated rings. The number of thioether (sulfide) groups is 1. The largest absolute Gasteiger partial charge is 0.460 e. The number of rotatable bonds is 5. The topological polar surface area (TPSA) is 170 Å². The van der Waals surface area contributed by atoms with E-state index in [-0.39, 0.29) is 34.4 Å². The Labute approximate surface area is 206 Å². The first-order chi connectivity index (χ1) is 16.3. The molecule has 1 amide bonds. The zero-order chi connectivity index (χ0) is 26.0. The predicted octanol–water partition coefficient (Wildman–Crippen LogP) is 2.13. The number of nitro groups is 1. The molecule has 2 aliphatic heterocycles. The van der Waals surface area contributed by atoms with Gasteiger partial charge in [0, 0.05) is 24.4 Å². The number of fused-ring (bicyclic) bond motifs is 1. The van der Waals surface area contributed by atoms with E-state index in [1.165, 1.54) is 36.0 Å². The maximum Gasteiger partial charge on any atom is 0.314 e. The summed E-state index contributed by atoms with van der Waals surface area (Å²) in [7, 11) is -4.02. The third-order valence-electron chi connectivity index (χ3n) is 5.60. The molecule has 2 aromatic carbocycles. The van der Waals surface area contributed by atoms with Gasteiger partial charge in [0.1, 0.15) is 18.0 Å². The van der Waals surface area contributed by atoms with Crippen LogP contribution in [0.2, 0.25) is 0 Å². The molecule has 11 nitrogen and oxygen atoms in total. The Morgan fingerprint density at radius 1 is 1.26 bits per heavy atom. The van der Waals surface area contributed by atoms with Gasteiger partial charge in [0.2, 0.25) is 5.91 Å². The highest BCUT2D eigenvalue weighted by Gasteiger charge is 2.54. The van der Waals surface area contributed by atoms with Gasteiger partial charge in [-0.2, -0.15) is 8.42 Å². The Balaban J connectivity index is 0.000000261. The van der Waals surface area contributed by atoms with E-state index >= 15 is 0 Å². The highest BCUT2D eigenvalue weighted by atomic mass is 32.2. The second kappa shape index (κ2) is 10.3. The molecule has 2 aliphatic rings. The summed E-state index contributed by atoms with van der Waals surface area (Å²) in [6.07, 6.45) is 0. The molecule has 2 unspecified atom stereocenters. The Kier molecular flexibility index (Phi) is 7.84. The lowest BCUT2D eigenvalue weighted by Gasteiger charge is -2.52. The highest BCUT2D eigenvalue weighted by molar-refractivity contribution is 8.00. The van der Waals surface area contributed by atoms with Gasteiger partial charge in [-0.1, -0.05) is 17.7 Å². The molecular formula is C22H25N3O8S2. The minimum Gasteiger partial charge on any atom is -0.460 e. The van der Waals surface area contributed by atoms with Gasteiger partial charge in [-0.15, -0.1) is 11.8 Å². The fourth-order valence-corrected chi connectivity index (χ4v) is 5.38. The molecule has 4 rings (SSSR count). The standard InChI is InChI=1S/C15H17N3O5S.C7H8O3S/c1-15(7-17-12(19)11(16)13(17)24-8-15)14(20)23-6-9-2-4-10(5-3-9)18(21)22;1-6-2-4-7(5-3-6)11(8,9)10/h2-5,11,13H,6-8,16H2,1H3;2-5H,1H3,(H,8,9,10)/t11?,13-,15?;/m1./s1. The van der Waals surface area contributed by atoms with E-state index < -0.39 is 26.5 Å². The Morgan fingerprint density at radius 2 is 1.86 bits per heavy atom. The van der Waals surface area contributed by atoms with Crippen LogP contribution < -0.4 is 5.73 Å². The van der Waals surface area contributed by atoms with Crippen LogP contribution in [0, 0.1) is 22.5 Å². The summed E-state index contributed by atoms with van der Waals surface area (Å²) in [6, 6.07) is 11.4. The molecule has 3 atom stereocenters. The van der Waals surface area contributed by atoms with Crippen LogP contribution in [-0.4, -0.2) is 58.4 Å². The van der Waals surface area contributed by atoms with E-state index in [1.54, 1.807) is 36.1 Å². The number of non-ortho nitro benzene ring substituents is 1. The van der Waals surface area contributed by atoms with E-state index in [0.29, 0.717) is 17.9 Å². The van der Waals surface area contributed by atoms with E-state index in [2.05, 4.69) is 0 Å². The monoisotopic (exact) mass is 523 g/mol. The Bertz CT molecular complexity index is 1220. The van der Waals surface area contributed by atoms with Gasteiger partial charge in [-0.25, -0.2) is 0 Å². The van der Waals surface area contributed by atoms with E-state index in [4.69, 9.17) is 15.0 Å². The quantitative estimate of drug-likeness (QED) is 0.194. The average molecular weight is 524 g/mol. The van der Waals surface area contributed by atoms with E-state index in [9.17, 15) is 28.1 Å². The van der Waals surface area contributed by atoms with Crippen LogP contribution in [0.1, 0.15) is 18.1 Å². The summed E-state index contributed by atoms with van der Waals surface area (Å²) >= 11 is 1.49. The fraction of sp³-hybridized carbons (Fsp3) is 0.364. The molecule has 3 N–H and O–H groups in total. The van der Waals surface area contributed by atoms with Crippen molar-refractivity contribution >= 4 is 39.4 Å². The average Bonchev–Trinajstić information content (AvgIpc) is 2.82. The number of amides is 1. The normalized spacial score (nSPS) is 23.3. The number of benzene rings is 2. The second-order valence-corrected chi connectivity index (χ2v) is 11.1. The van der Waals surface area contributed by atoms with Crippen LogP contribution in [0.4, 0.5) is 5.69 Å². The van der Waals surface area contributed by atoms with Crippen molar-refractivity contribution in [2.24, 2.45) is 11.1 Å². The number of ether oxygens (including phenoxy) is 1. The van der Waals surface area contributed by atoms with Gasteiger partial charge in [0.05, 0.1) is 15.2 Å². The third-order valence-corrected chi connectivity index (χ3v) is 8.16. The summed E-state index contributed by atoms with van der Waals surface area (Å²) in [4.78, 5) is 35.9. The minimum atomic E-state index is -4.02. The lowest BCUT2D eigenvalue weighted by Crippen LogP contribution is -2.71. The van der Waals surface area contributed by atoms with Crippen molar-refractivity contribution in [3.05, 3.63) is 69.8 Å². The molecule has 35 heavy (non-hydrogen) atoms. The van der Waals surface area contributed by atoms with E-state index in [0.717, 1.165) is 5.56 Å². The lowest BCUT2D eigenvalue weighted by atomic mass is 9.89. The summed E-state index contributed by atoms with van der Waals surface area (Å²) in [6.45, 7) is 3.95. The lowest BCUT2D eigenvalue weighted by molar-refractivity contribution is -0.384. The van der Waals surface area contributed by atoms with Crippen LogP contribution >= 0.6 is 11.8 Å². The van der Waals surface area contributed by atoms with Crippen molar-refractivity contribution < 1.29 is 32.2 Å². The zero-order valence-electron chi connectivity index (χ0n) is 19.0. The van der Waals surface area contributed by atoms with Gasteiger partial charge >= 0.3 is 5.97 Å². The first-order valence-corrected chi connectivity index (χ1v) is 12.9. The number of β-lactam (4-membered cyclic amide) rings is 1. The molecule has 0 radical (unpaired) electrons. The van der Waals surface area contributed by atoms with Crippen LogP contribution in [0.15, 0.2) is 53.4 Å². The number of aryl methyl sites for hydroxylation is 1. The molecule has 188 valence electrons. The number of nitro benzene ring substituents is 1. The molecule has 0 saturated carbocycles. The predicted molar refractivity (Wildman–Crippen MR) is 128 cm³/mol. The van der Waals surface area contributed by atoms with Gasteiger partial charge < -0.3 is 15.4 Å². The number of nitrogens with two attached hydrogens (primary N) is 1. The Morgan fingerprint density at radius 3 is 2.40 bits per heavy atom. The first kappa shape index (κ1) is 26.6. The SMILES string of the molecule is CC1(C(=O)OCc2ccc([N+](=O)[O-])cc2)CS[C@@H]2C(N)C(=O)N2C1.Cc1ccc(S(=O)(=O)O)cc1. The molecule has 0 spiro atoms. The zero-order valence-corrected chi connectivity index (χ0v) is 20.6. The number of carbonyl (C=O) groups is 2. The molecule has 0 bridgehead atoms. The smallest absolute Gasteiger partial charge is 0.314 e. The van der Waals surface area contributed by atoms with Crippen molar-refractivity contribution in [2.45, 2.75) is 36.8 Å². The maximum atomic E-state index is 12.4. The summed E-state index contributed by atoms with van der Waals surface area (Å²) in [5.74, 6) is 0.00972. The number of esters is 1. The second-order valence-electron chi connectivity index (χ2n) is 8.54. The van der Waals surface area contributed by atoms with Crippen LogP contribution in [0.5, 0.6) is 0 Å². The maximum absolute atomic E-state index is 12.4. The number of hydrogen-bond acceptors (Lipinski definition) is 9. The van der Waals surface area contributed by atoms with Crippen LogP contribution in [-0.2, 0) is 31.1 Å². The Hall–Kier alpha value is -3.00. The van der Waals surface area contributed by atoms with Crippen molar-refractivity contribution in [1.29, 1.82) is 0 Å². The summed E-state index contributed by atoms with van der Waals surface area (Å²) in [5.41, 5.74) is 6.56. The molecule has 2 aromatic rings. The molecule has 0 aromatic heterocycles. The first-order valence-electron chi connectivity index (χ1n) is 10.4. The fourth-order valence-electron chi connectivity index (χ4n) is 3.47. The summed E-state index contributed by atoms with van der Waals surface area (Å²) < 4.78 is 34.9.